The SMILES string of the molecule is C1=CC2Oc3ccc(N4c5ccccc5[Si](c5ccccc5)(c5ccccc5)c5ccccc54)cc3C2C=C1c1ccc2oc3ccc(N4c5ccccc5[Si](c5ccccc5)(c5ccccc5)c5ccccc54)cc3c2c1. The third-order valence-corrected chi connectivity index (χ3v) is 26.8. The Morgan fingerprint density at radius 3 is 1.23 bits per heavy atom. The first kappa shape index (κ1) is 44.8. The van der Waals surface area contributed by atoms with Gasteiger partial charge in [0.05, 0.1) is 0 Å². The van der Waals surface area contributed by atoms with E-state index in [2.05, 4.69) is 301 Å². The molecule has 4 aliphatic rings. The summed E-state index contributed by atoms with van der Waals surface area (Å²) in [5.74, 6) is 0.964. The molecule has 6 heteroatoms. The predicted molar refractivity (Wildman–Crippen MR) is 328 cm³/mol. The van der Waals surface area contributed by atoms with Gasteiger partial charge in [-0.25, -0.2) is 0 Å². The average Bonchev–Trinajstić information content (AvgIpc) is 3.72. The van der Waals surface area contributed by atoms with Gasteiger partial charge in [0.25, 0.3) is 0 Å². The zero-order valence-electron chi connectivity index (χ0n) is 42.6. The maximum absolute atomic E-state index is 6.76. The van der Waals surface area contributed by atoms with Crippen molar-refractivity contribution in [1.82, 2.24) is 0 Å². The molecule has 4 nitrogen and oxygen atoms in total. The fourth-order valence-corrected chi connectivity index (χ4v) is 24.1. The first-order valence-corrected chi connectivity index (χ1v) is 31.1. The molecule has 4 heterocycles. The lowest BCUT2D eigenvalue weighted by atomic mass is 9.86. The van der Waals surface area contributed by atoms with Crippen molar-refractivity contribution in [2.45, 2.75) is 12.0 Å². The van der Waals surface area contributed by atoms with Gasteiger partial charge in [-0.05, 0) is 132 Å². The van der Waals surface area contributed by atoms with Gasteiger partial charge in [-0.2, -0.15) is 0 Å². The first-order chi connectivity index (χ1) is 38.7. The maximum Gasteiger partial charge on any atom is 0.184 e. The Morgan fingerprint density at radius 2 is 0.756 bits per heavy atom. The highest BCUT2D eigenvalue weighted by Crippen LogP contribution is 2.48. The smallest absolute Gasteiger partial charge is 0.184 e. The second-order valence-corrected chi connectivity index (χ2v) is 28.5. The number of nitrogens with zero attached hydrogens (tertiary/aromatic N) is 2. The standard InChI is InChI=1S/C72H50N2O2Si2/c1-5-21-53(22-6-1)77(54-23-7-2-8-24-54)69-33-17-13-29-61(69)73(62-30-14-18-34-70(62)77)51-39-43-67-59(47-51)57-45-49(37-41-65(57)75-67)50-38-42-66-58(46-50)60-48-52(40-44-68(60)76-66)74-63-31-15-19-35-71(63)78(55-25-9-3-10-26-55,56-27-11-4-12-28-56)72-36-20-16-32-64(72)74/h1-48,57,65H. The molecule has 78 heavy (non-hydrogen) atoms. The van der Waals surface area contributed by atoms with Crippen LogP contribution in [0, 0.1) is 0 Å². The molecular formula is C72H50N2O2Si2. The number of anilines is 6. The molecule has 16 rings (SSSR count). The number of benzene rings is 11. The van der Waals surface area contributed by atoms with Gasteiger partial charge >= 0.3 is 0 Å². The number of hydrogen-bond acceptors (Lipinski definition) is 4. The lowest BCUT2D eigenvalue weighted by molar-refractivity contribution is 0.269. The molecule has 0 radical (unpaired) electrons. The van der Waals surface area contributed by atoms with E-state index in [-0.39, 0.29) is 12.0 Å². The minimum atomic E-state index is -2.75. The van der Waals surface area contributed by atoms with E-state index in [0.29, 0.717) is 0 Å². The molecule has 11 aromatic carbocycles. The highest BCUT2D eigenvalue weighted by molar-refractivity contribution is 7.22. The summed E-state index contributed by atoms with van der Waals surface area (Å²) in [7, 11) is -5.49. The molecular weight excluding hydrogens is 981 g/mol. The largest absolute Gasteiger partial charge is 0.485 e. The van der Waals surface area contributed by atoms with E-state index in [1.165, 1.54) is 75.4 Å². The maximum atomic E-state index is 6.76. The molecule has 3 aliphatic heterocycles. The summed E-state index contributed by atoms with van der Waals surface area (Å²) in [6.45, 7) is 0. The number of rotatable bonds is 7. The Balaban J connectivity index is 0.788. The second-order valence-electron chi connectivity index (χ2n) is 21.0. The molecule has 0 saturated heterocycles. The van der Waals surface area contributed by atoms with Crippen LogP contribution in [0.5, 0.6) is 5.75 Å². The summed E-state index contributed by atoms with van der Waals surface area (Å²) in [4.78, 5) is 4.98. The van der Waals surface area contributed by atoms with Crippen molar-refractivity contribution in [2.24, 2.45) is 0 Å². The lowest BCUT2D eigenvalue weighted by Crippen LogP contribution is -2.77. The van der Waals surface area contributed by atoms with Crippen LogP contribution in [0.1, 0.15) is 17.0 Å². The van der Waals surface area contributed by atoms with E-state index in [1.54, 1.807) is 0 Å². The number of hydrogen-bond donors (Lipinski definition) is 0. The number of furan rings is 1. The lowest BCUT2D eigenvalue weighted by Gasteiger charge is -2.45. The van der Waals surface area contributed by atoms with Crippen molar-refractivity contribution < 1.29 is 9.15 Å². The van der Waals surface area contributed by atoms with Gasteiger partial charge in [-0.1, -0.05) is 212 Å². The van der Waals surface area contributed by atoms with Crippen LogP contribution in [0.15, 0.2) is 296 Å². The summed E-state index contributed by atoms with van der Waals surface area (Å²) in [6, 6.07) is 101. The number of allylic oxidation sites excluding steroid dienone is 2. The fraction of sp³-hybridized carbons (Fsp3) is 0.0278. The van der Waals surface area contributed by atoms with Crippen molar-refractivity contribution in [2.75, 3.05) is 9.80 Å². The Labute approximate surface area is 455 Å². The van der Waals surface area contributed by atoms with Gasteiger partial charge in [-0.3, -0.25) is 0 Å². The predicted octanol–water partition coefficient (Wildman–Crippen LogP) is 12.4. The van der Waals surface area contributed by atoms with Crippen LogP contribution in [-0.2, 0) is 0 Å². The monoisotopic (exact) mass is 1030 g/mol. The minimum absolute atomic E-state index is 0.0300. The van der Waals surface area contributed by atoms with Crippen molar-refractivity contribution in [3.8, 4) is 5.75 Å². The fourth-order valence-electron chi connectivity index (χ4n) is 13.9. The molecule has 2 unspecified atom stereocenters. The molecule has 368 valence electrons. The Kier molecular flexibility index (Phi) is 10.1. The van der Waals surface area contributed by atoms with Gasteiger partial charge in [-0.15, -0.1) is 0 Å². The van der Waals surface area contributed by atoms with Gasteiger partial charge in [0, 0.05) is 56.4 Å². The summed E-state index contributed by atoms with van der Waals surface area (Å²) in [6.07, 6.45) is 6.82. The highest BCUT2D eigenvalue weighted by Gasteiger charge is 2.50. The van der Waals surface area contributed by atoms with Crippen LogP contribution < -0.4 is 56.0 Å². The molecule has 1 aromatic heterocycles. The second kappa shape index (κ2) is 17.5. The molecule has 0 spiro atoms. The normalized spacial score (nSPS) is 17.0. The van der Waals surface area contributed by atoms with Gasteiger partial charge in [0.2, 0.25) is 0 Å². The molecule has 0 fully saturated rings. The van der Waals surface area contributed by atoms with Crippen LogP contribution in [0.3, 0.4) is 0 Å². The molecule has 0 N–H and O–H groups in total. The zero-order chi connectivity index (χ0) is 51.4. The van der Waals surface area contributed by atoms with Crippen LogP contribution in [0.4, 0.5) is 34.1 Å². The van der Waals surface area contributed by atoms with E-state index in [4.69, 9.17) is 9.15 Å². The van der Waals surface area contributed by atoms with E-state index in [0.717, 1.165) is 44.6 Å². The van der Waals surface area contributed by atoms with E-state index in [1.807, 2.05) is 0 Å². The van der Waals surface area contributed by atoms with Gasteiger partial charge in [0.15, 0.2) is 16.1 Å². The summed E-state index contributed by atoms with van der Waals surface area (Å²) in [5, 5.41) is 13.2. The minimum Gasteiger partial charge on any atom is -0.485 e. The third kappa shape index (κ3) is 6.45. The Hall–Kier alpha value is -9.47. The Morgan fingerprint density at radius 1 is 0.359 bits per heavy atom. The molecule has 0 bridgehead atoms. The average molecular weight is 1030 g/mol. The van der Waals surface area contributed by atoms with Crippen LogP contribution in [0.2, 0.25) is 0 Å². The topological polar surface area (TPSA) is 28.9 Å². The number of ether oxygens (including phenoxy) is 1. The Bertz CT molecular complexity index is 4220. The van der Waals surface area contributed by atoms with Crippen molar-refractivity contribution >= 4 is 119 Å². The zero-order valence-corrected chi connectivity index (χ0v) is 44.6. The van der Waals surface area contributed by atoms with E-state index >= 15 is 0 Å². The van der Waals surface area contributed by atoms with Crippen molar-refractivity contribution in [3.05, 3.63) is 302 Å². The molecule has 12 aromatic rings. The van der Waals surface area contributed by atoms with Crippen molar-refractivity contribution in [1.29, 1.82) is 0 Å². The molecule has 1 aliphatic carbocycles. The quantitative estimate of drug-likeness (QED) is 0.149. The van der Waals surface area contributed by atoms with Gasteiger partial charge in [0.1, 0.15) is 23.0 Å². The third-order valence-electron chi connectivity index (χ3n) is 17.1. The molecule has 0 saturated carbocycles. The van der Waals surface area contributed by atoms with E-state index in [9.17, 15) is 0 Å². The number of fused-ring (bicyclic) bond motifs is 10. The first-order valence-electron chi connectivity index (χ1n) is 27.1. The summed E-state index contributed by atoms with van der Waals surface area (Å²) >= 11 is 0. The van der Waals surface area contributed by atoms with E-state index < -0.39 is 16.1 Å². The van der Waals surface area contributed by atoms with Crippen LogP contribution in [0.25, 0.3) is 27.5 Å². The summed E-state index contributed by atoms with van der Waals surface area (Å²) in [5.41, 5.74) is 12.3. The number of para-hydroxylation sites is 4. The molecule has 2 atom stereocenters. The summed E-state index contributed by atoms with van der Waals surface area (Å²) < 4.78 is 13.4. The van der Waals surface area contributed by atoms with Crippen molar-refractivity contribution in [3.63, 3.8) is 0 Å². The highest BCUT2D eigenvalue weighted by atomic mass is 28.3. The van der Waals surface area contributed by atoms with Crippen LogP contribution >= 0.6 is 0 Å². The van der Waals surface area contributed by atoms with Crippen LogP contribution in [-0.4, -0.2) is 22.3 Å². The van der Waals surface area contributed by atoms with Gasteiger partial charge < -0.3 is 19.0 Å². The molecule has 0 amide bonds.